The van der Waals surface area contributed by atoms with Crippen molar-refractivity contribution in [3.05, 3.63) is 12.7 Å². The smallest absolute Gasteiger partial charge is 0.403 e. The molecule has 8 nitrogen and oxygen atoms in total. The summed E-state index contributed by atoms with van der Waals surface area (Å²) in [6.07, 6.45) is 0.125. The average molecular weight is 601 g/mol. The van der Waals surface area contributed by atoms with E-state index < -0.39 is 72.9 Å². The highest BCUT2D eigenvalue weighted by Crippen LogP contribution is 2.26. The van der Waals surface area contributed by atoms with Gasteiger partial charge in [0.25, 0.3) is 5.92 Å². The van der Waals surface area contributed by atoms with Gasteiger partial charge in [0.05, 0.1) is 17.6 Å². The maximum atomic E-state index is 13.5. The fourth-order valence-electron chi connectivity index (χ4n) is 3.55. The molecule has 0 radical (unpaired) electrons. The van der Waals surface area contributed by atoms with Gasteiger partial charge in [0.15, 0.2) is 0 Å². The van der Waals surface area contributed by atoms with Gasteiger partial charge in [-0.15, -0.1) is 0 Å². The quantitative estimate of drug-likeness (QED) is 0.0483. The van der Waals surface area contributed by atoms with Gasteiger partial charge in [0.2, 0.25) is 0 Å². The Bertz CT molecular complexity index is 905. The summed E-state index contributed by atoms with van der Waals surface area (Å²) in [7, 11) is 0. The van der Waals surface area contributed by atoms with Gasteiger partial charge < -0.3 is 23.7 Å². The summed E-state index contributed by atoms with van der Waals surface area (Å²) in [5, 5.41) is 0. The number of allylic oxidation sites excluding steroid dienone is 1. The second-order valence-electron chi connectivity index (χ2n) is 9.90. The maximum absolute atomic E-state index is 13.5. The van der Waals surface area contributed by atoms with Gasteiger partial charge in [-0.05, 0) is 44.6 Å². The van der Waals surface area contributed by atoms with Crippen molar-refractivity contribution in [3.63, 3.8) is 0 Å². The molecule has 0 spiro atoms. The summed E-state index contributed by atoms with van der Waals surface area (Å²) in [5.41, 5.74) is -2.33. The van der Waals surface area contributed by atoms with Crippen LogP contribution in [-0.4, -0.2) is 74.5 Å². The minimum absolute atomic E-state index is 0.0121. The van der Waals surface area contributed by atoms with Crippen LogP contribution in [0, 0.1) is 17.3 Å². The molecule has 0 fully saturated rings. The Morgan fingerprint density at radius 2 is 1.70 bits per heavy atom. The largest absolute Gasteiger partial charge is 0.463 e. The Hall–Kier alpha value is -2.36. The average Bonchev–Trinajstić information content (AvgIpc) is 2.89. The lowest BCUT2D eigenvalue weighted by Crippen LogP contribution is -2.37. The molecule has 1 rings (SSSR count). The SMILES string of the molecule is C=CC(F)(F)CCC(CCC)OCC(=O)OCC(C)(COC(=O)Cl)COC(=O)COC1CCC#CC(F)(F)CC1. The van der Waals surface area contributed by atoms with Gasteiger partial charge in [0, 0.05) is 30.9 Å². The first-order chi connectivity index (χ1) is 18.7. The van der Waals surface area contributed by atoms with Gasteiger partial charge in [-0.1, -0.05) is 25.8 Å². The molecule has 228 valence electrons. The number of rotatable bonds is 18. The van der Waals surface area contributed by atoms with Gasteiger partial charge in [0.1, 0.15) is 33.0 Å². The standard InChI is InChI=1S/C27H37ClF4O8/c1-4-8-20(10-13-26(29,30)5-2)36-15-22(33)38-17-25(3,19-40-24(28)35)18-39-23(34)16-37-21-9-6-7-12-27(31,32)14-11-21/h5,20-21H,2,4,6,8-11,13-19H2,1,3H3. The summed E-state index contributed by atoms with van der Waals surface area (Å²) in [6.45, 7) is 4.34. The molecule has 0 aliphatic heterocycles. The number of hydrogen-bond donors (Lipinski definition) is 0. The molecule has 0 bridgehead atoms. The second kappa shape index (κ2) is 17.5. The molecule has 0 N–H and O–H groups in total. The molecule has 0 aromatic heterocycles. The second-order valence-corrected chi connectivity index (χ2v) is 10.2. The highest BCUT2D eigenvalue weighted by molar-refractivity contribution is 6.61. The third kappa shape index (κ3) is 16.0. The number of alkyl halides is 4. The van der Waals surface area contributed by atoms with Gasteiger partial charge in [-0.3, -0.25) is 0 Å². The monoisotopic (exact) mass is 600 g/mol. The topological polar surface area (TPSA) is 97.4 Å². The first-order valence-electron chi connectivity index (χ1n) is 12.9. The lowest BCUT2D eigenvalue weighted by molar-refractivity contribution is -0.163. The van der Waals surface area contributed by atoms with Crippen LogP contribution in [0.5, 0.6) is 0 Å². The van der Waals surface area contributed by atoms with Crippen LogP contribution in [0.1, 0.15) is 65.2 Å². The van der Waals surface area contributed by atoms with E-state index in [4.69, 9.17) is 35.3 Å². The van der Waals surface area contributed by atoms with Gasteiger partial charge in [-0.2, -0.15) is 8.78 Å². The molecule has 0 saturated heterocycles. The number of ether oxygens (including phenoxy) is 5. The molecule has 0 aromatic rings. The molecule has 13 heteroatoms. The molecule has 3 atom stereocenters. The van der Waals surface area contributed by atoms with Crippen LogP contribution in [0.15, 0.2) is 12.7 Å². The Morgan fingerprint density at radius 3 is 2.30 bits per heavy atom. The fourth-order valence-corrected chi connectivity index (χ4v) is 3.60. The van der Waals surface area contributed by atoms with Crippen LogP contribution in [0.4, 0.5) is 22.4 Å². The Labute approximate surface area is 237 Å². The van der Waals surface area contributed by atoms with Crippen molar-refractivity contribution in [2.45, 2.75) is 89.3 Å². The van der Waals surface area contributed by atoms with E-state index in [1.165, 1.54) is 6.92 Å². The lowest BCUT2D eigenvalue weighted by atomic mass is 9.94. The van der Waals surface area contributed by atoms with Crippen molar-refractivity contribution >= 4 is 29.0 Å². The van der Waals surface area contributed by atoms with Crippen molar-refractivity contribution in [1.82, 2.24) is 0 Å². The Morgan fingerprint density at radius 1 is 1.07 bits per heavy atom. The minimum Gasteiger partial charge on any atom is -0.463 e. The van der Waals surface area contributed by atoms with E-state index in [0.29, 0.717) is 25.3 Å². The molecule has 0 aromatic carbocycles. The molecule has 1 aliphatic carbocycles. The van der Waals surface area contributed by atoms with E-state index in [0.717, 1.165) is 0 Å². The van der Waals surface area contributed by atoms with E-state index in [1.54, 1.807) is 0 Å². The first kappa shape index (κ1) is 35.7. The van der Waals surface area contributed by atoms with Crippen molar-refractivity contribution in [2.75, 3.05) is 33.0 Å². The van der Waals surface area contributed by atoms with Crippen LogP contribution < -0.4 is 0 Å². The van der Waals surface area contributed by atoms with Crippen molar-refractivity contribution in [3.8, 4) is 11.8 Å². The van der Waals surface area contributed by atoms with Crippen molar-refractivity contribution < 1.29 is 55.6 Å². The Balaban J connectivity index is 2.57. The van der Waals surface area contributed by atoms with E-state index >= 15 is 0 Å². The van der Waals surface area contributed by atoms with E-state index in [2.05, 4.69) is 12.5 Å². The van der Waals surface area contributed by atoms with Crippen LogP contribution in [0.2, 0.25) is 0 Å². The maximum Gasteiger partial charge on any atom is 0.403 e. The number of carbonyl (C=O) groups excluding carboxylic acids is 3. The van der Waals surface area contributed by atoms with Gasteiger partial charge in [-0.25, -0.2) is 23.2 Å². The highest BCUT2D eigenvalue weighted by atomic mass is 35.5. The molecule has 0 saturated carbocycles. The highest BCUT2D eigenvalue weighted by Gasteiger charge is 2.32. The summed E-state index contributed by atoms with van der Waals surface area (Å²) < 4.78 is 80.0. The van der Waals surface area contributed by atoms with Crippen LogP contribution in [-0.2, 0) is 33.3 Å². The van der Waals surface area contributed by atoms with E-state index in [1.807, 2.05) is 12.8 Å². The molecule has 40 heavy (non-hydrogen) atoms. The van der Waals surface area contributed by atoms with E-state index in [9.17, 15) is 31.9 Å². The summed E-state index contributed by atoms with van der Waals surface area (Å²) in [4.78, 5) is 35.6. The predicted molar refractivity (Wildman–Crippen MR) is 137 cm³/mol. The number of esters is 2. The zero-order chi connectivity index (χ0) is 30.2. The molecular formula is C27H37ClF4O8. The molecule has 0 heterocycles. The van der Waals surface area contributed by atoms with Crippen LogP contribution in [0.25, 0.3) is 0 Å². The molecule has 3 unspecified atom stereocenters. The normalized spacial score (nSPS) is 19.0. The first-order valence-corrected chi connectivity index (χ1v) is 13.3. The zero-order valence-electron chi connectivity index (χ0n) is 22.8. The van der Waals surface area contributed by atoms with Crippen molar-refractivity contribution in [1.29, 1.82) is 0 Å². The van der Waals surface area contributed by atoms with Gasteiger partial charge >= 0.3 is 23.3 Å². The molecule has 0 amide bonds. The predicted octanol–water partition coefficient (Wildman–Crippen LogP) is 5.84. The number of carbonyl (C=O) groups is 3. The molecule has 1 aliphatic rings. The van der Waals surface area contributed by atoms with E-state index in [-0.39, 0.29) is 39.1 Å². The summed E-state index contributed by atoms with van der Waals surface area (Å²) >= 11 is 5.24. The number of hydrogen-bond acceptors (Lipinski definition) is 8. The molecular weight excluding hydrogens is 564 g/mol. The summed E-state index contributed by atoms with van der Waals surface area (Å²) in [6, 6.07) is 0. The zero-order valence-corrected chi connectivity index (χ0v) is 23.5. The van der Waals surface area contributed by atoms with Crippen LogP contribution >= 0.6 is 11.6 Å². The Kier molecular flexibility index (Phi) is 15.6. The minimum atomic E-state index is -3.11. The third-order valence-electron chi connectivity index (χ3n) is 5.92. The van der Waals surface area contributed by atoms with Crippen molar-refractivity contribution in [2.24, 2.45) is 5.41 Å². The third-order valence-corrected chi connectivity index (χ3v) is 6.03. The fraction of sp³-hybridized carbons (Fsp3) is 0.741. The van der Waals surface area contributed by atoms with Crippen LogP contribution in [0.3, 0.4) is 0 Å². The summed E-state index contributed by atoms with van der Waals surface area (Å²) in [5.74, 6) is -3.47. The number of halogens is 5. The lowest BCUT2D eigenvalue weighted by Gasteiger charge is -2.28.